The molecule has 0 spiro atoms. The Hall–Kier alpha value is -0.850. The van der Waals surface area contributed by atoms with Crippen molar-refractivity contribution >= 4 is 10.0 Å². The minimum absolute atomic E-state index is 0.0425. The zero-order chi connectivity index (χ0) is 14.7. The van der Waals surface area contributed by atoms with E-state index >= 15 is 0 Å². The van der Waals surface area contributed by atoms with Crippen molar-refractivity contribution in [3.63, 3.8) is 0 Å². The van der Waals surface area contributed by atoms with Gasteiger partial charge in [0.25, 0.3) is 0 Å². The van der Waals surface area contributed by atoms with Crippen molar-refractivity contribution in [3.05, 3.63) is 23.7 Å². The number of hydrogen-bond donors (Lipinski definition) is 2. The second kappa shape index (κ2) is 6.07. The van der Waals surface area contributed by atoms with Crippen LogP contribution in [-0.4, -0.2) is 26.8 Å². The number of hydrogen-bond acceptors (Lipinski definition) is 4. The zero-order valence-electron chi connectivity index (χ0n) is 12.3. The molecular formula is C13H24N2O3S. The van der Waals surface area contributed by atoms with Gasteiger partial charge in [-0.3, -0.25) is 0 Å². The van der Waals surface area contributed by atoms with Crippen molar-refractivity contribution in [1.82, 2.24) is 10.0 Å². The molecule has 0 saturated heterocycles. The Kier molecular flexibility index (Phi) is 5.18. The van der Waals surface area contributed by atoms with Crippen molar-refractivity contribution in [3.8, 4) is 0 Å². The van der Waals surface area contributed by atoms with Crippen molar-refractivity contribution in [2.24, 2.45) is 0 Å². The lowest BCUT2D eigenvalue weighted by Crippen LogP contribution is -2.50. The monoisotopic (exact) mass is 288 g/mol. The van der Waals surface area contributed by atoms with Crippen LogP contribution in [0.5, 0.6) is 0 Å². The molecule has 0 radical (unpaired) electrons. The highest BCUT2D eigenvalue weighted by Crippen LogP contribution is 2.17. The lowest BCUT2D eigenvalue weighted by Gasteiger charge is -2.27. The van der Waals surface area contributed by atoms with Gasteiger partial charge >= 0.3 is 0 Å². The SMILES string of the molecule is CCc1ccc([C@@H](C)NCC(C)(C)NS(C)(=O)=O)o1. The first-order valence-corrected chi connectivity index (χ1v) is 8.33. The third-order valence-corrected chi connectivity index (χ3v) is 3.69. The molecule has 0 aliphatic heterocycles. The number of rotatable bonds is 7. The maximum atomic E-state index is 11.2. The maximum absolute atomic E-state index is 11.2. The van der Waals surface area contributed by atoms with Gasteiger partial charge in [-0.25, -0.2) is 13.1 Å². The van der Waals surface area contributed by atoms with Gasteiger partial charge in [-0.2, -0.15) is 0 Å². The first kappa shape index (κ1) is 16.2. The van der Waals surface area contributed by atoms with E-state index in [0.29, 0.717) is 6.54 Å². The van der Waals surface area contributed by atoms with Crippen LogP contribution >= 0.6 is 0 Å². The summed E-state index contributed by atoms with van der Waals surface area (Å²) in [5, 5.41) is 3.28. The van der Waals surface area contributed by atoms with Crippen molar-refractivity contribution in [2.45, 2.75) is 45.7 Å². The van der Waals surface area contributed by atoms with Crippen LogP contribution in [0.2, 0.25) is 0 Å². The lowest BCUT2D eigenvalue weighted by atomic mass is 10.1. The van der Waals surface area contributed by atoms with Crippen molar-refractivity contribution in [1.29, 1.82) is 0 Å². The van der Waals surface area contributed by atoms with E-state index in [0.717, 1.165) is 24.2 Å². The van der Waals surface area contributed by atoms with E-state index < -0.39 is 15.6 Å². The molecule has 0 unspecified atom stereocenters. The maximum Gasteiger partial charge on any atom is 0.209 e. The quantitative estimate of drug-likeness (QED) is 0.803. The van der Waals surface area contributed by atoms with E-state index in [9.17, 15) is 8.42 Å². The summed E-state index contributed by atoms with van der Waals surface area (Å²) in [5.41, 5.74) is -0.540. The smallest absolute Gasteiger partial charge is 0.209 e. The molecule has 0 aliphatic rings. The van der Waals surface area contributed by atoms with Gasteiger partial charge in [-0.1, -0.05) is 6.92 Å². The number of nitrogens with one attached hydrogen (secondary N) is 2. The molecule has 1 heterocycles. The van der Waals surface area contributed by atoms with Crippen molar-refractivity contribution in [2.75, 3.05) is 12.8 Å². The van der Waals surface area contributed by atoms with Crippen LogP contribution < -0.4 is 10.0 Å². The van der Waals surface area contributed by atoms with Crippen LogP contribution in [0.3, 0.4) is 0 Å². The van der Waals surface area contributed by atoms with E-state index in [-0.39, 0.29) is 6.04 Å². The Labute approximate surface area is 115 Å². The summed E-state index contributed by atoms with van der Waals surface area (Å²) < 4.78 is 30.7. The third-order valence-electron chi connectivity index (χ3n) is 2.77. The minimum Gasteiger partial charge on any atom is -0.464 e. The summed E-state index contributed by atoms with van der Waals surface area (Å²) in [4.78, 5) is 0. The summed E-state index contributed by atoms with van der Waals surface area (Å²) in [7, 11) is -3.21. The highest BCUT2D eigenvalue weighted by Gasteiger charge is 2.23. The van der Waals surface area contributed by atoms with E-state index in [4.69, 9.17) is 4.42 Å². The average molecular weight is 288 g/mol. The summed E-state index contributed by atoms with van der Waals surface area (Å²) in [6.45, 7) is 8.23. The predicted molar refractivity (Wildman–Crippen MR) is 76.6 cm³/mol. The van der Waals surface area contributed by atoms with Gasteiger partial charge in [-0.05, 0) is 32.9 Å². The first-order chi connectivity index (χ1) is 8.63. The van der Waals surface area contributed by atoms with Gasteiger partial charge in [0, 0.05) is 18.5 Å². The summed E-state index contributed by atoms with van der Waals surface area (Å²) in [6.07, 6.45) is 2.03. The van der Waals surface area contributed by atoms with Crippen LogP contribution in [0.15, 0.2) is 16.5 Å². The van der Waals surface area contributed by atoms with Gasteiger partial charge in [0.1, 0.15) is 11.5 Å². The molecule has 1 rings (SSSR count). The minimum atomic E-state index is -3.21. The Morgan fingerprint density at radius 2 is 2.00 bits per heavy atom. The van der Waals surface area contributed by atoms with Gasteiger partial charge in [0.05, 0.1) is 12.3 Å². The van der Waals surface area contributed by atoms with Crippen LogP contribution in [0.4, 0.5) is 0 Å². The molecule has 0 bridgehead atoms. The third kappa shape index (κ3) is 5.76. The first-order valence-electron chi connectivity index (χ1n) is 6.44. The van der Waals surface area contributed by atoms with Crippen molar-refractivity contribution < 1.29 is 12.8 Å². The largest absolute Gasteiger partial charge is 0.464 e. The number of aryl methyl sites for hydroxylation is 1. The van der Waals surface area contributed by atoms with Crippen LogP contribution in [0.25, 0.3) is 0 Å². The standard InChI is InChI=1S/C13H24N2O3S/c1-6-11-7-8-12(18-11)10(2)14-9-13(3,4)15-19(5,16)17/h7-8,10,14-15H,6,9H2,1-5H3/t10-/m1/s1. The summed E-state index contributed by atoms with van der Waals surface area (Å²) >= 11 is 0. The molecule has 110 valence electrons. The highest BCUT2D eigenvalue weighted by molar-refractivity contribution is 7.88. The zero-order valence-corrected chi connectivity index (χ0v) is 13.1. The topological polar surface area (TPSA) is 71.3 Å². The molecule has 0 saturated carbocycles. The van der Waals surface area contributed by atoms with E-state index in [1.807, 2.05) is 39.8 Å². The molecule has 0 fully saturated rings. The molecule has 1 aromatic rings. The molecule has 0 amide bonds. The van der Waals surface area contributed by atoms with Gasteiger partial charge in [-0.15, -0.1) is 0 Å². The summed E-state index contributed by atoms with van der Waals surface area (Å²) in [6, 6.07) is 3.96. The Morgan fingerprint density at radius 1 is 1.37 bits per heavy atom. The second-order valence-electron chi connectivity index (χ2n) is 5.52. The Morgan fingerprint density at radius 3 is 2.47 bits per heavy atom. The second-order valence-corrected chi connectivity index (χ2v) is 7.27. The van der Waals surface area contributed by atoms with E-state index in [1.165, 1.54) is 0 Å². The van der Waals surface area contributed by atoms with E-state index in [2.05, 4.69) is 10.0 Å². The number of furan rings is 1. The Balaban J connectivity index is 2.56. The Bertz CT molecular complexity index is 506. The molecule has 1 atom stereocenters. The lowest BCUT2D eigenvalue weighted by molar-refractivity contribution is 0.362. The molecule has 2 N–H and O–H groups in total. The molecular weight excluding hydrogens is 264 g/mol. The summed E-state index contributed by atoms with van der Waals surface area (Å²) in [5.74, 6) is 1.82. The van der Waals surface area contributed by atoms with Gasteiger partial charge < -0.3 is 9.73 Å². The normalized spacial score (nSPS) is 14.6. The van der Waals surface area contributed by atoms with Gasteiger partial charge in [0.2, 0.25) is 10.0 Å². The fourth-order valence-corrected chi connectivity index (χ4v) is 2.94. The average Bonchev–Trinajstić information content (AvgIpc) is 2.71. The van der Waals surface area contributed by atoms with Crippen LogP contribution in [0.1, 0.15) is 45.3 Å². The fourth-order valence-electron chi connectivity index (χ4n) is 1.86. The molecule has 5 nitrogen and oxygen atoms in total. The molecule has 0 aliphatic carbocycles. The van der Waals surface area contributed by atoms with E-state index in [1.54, 1.807) is 0 Å². The number of sulfonamides is 1. The molecule has 6 heteroatoms. The molecule has 19 heavy (non-hydrogen) atoms. The predicted octanol–water partition coefficient (Wildman–Crippen LogP) is 1.82. The molecule has 0 aromatic carbocycles. The highest BCUT2D eigenvalue weighted by atomic mass is 32.2. The fraction of sp³-hybridized carbons (Fsp3) is 0.692. The van der Waals surface area contributed by atoms with Gasteiger partial charge in [0.15, 0.2) is 0 Å². The van der Waals surface area contributed by atoms with Crippen LogP contribution in [0, 0.1) is 0 Å². The molecule has 1 aromatic heterocycles. The van der Waals surface area contributed by atoms with Crippen LogP contribution in [-0.2, 0) is 16.4 Å².